The molecule has 2 heterocycles. The first-order valence-electron chi connectivity index (χ1n) is 7.54. The topological polar surface area (TPSA) is 48.3 Å². The van der Waals surface area contributed by atoms with E-state index in [0.29, 0.717) is 18.1 Å². The van der Waals surface area contributed by atoms with Crippen LogP contribution >= 0.6 is 0 Å². The Morgan fingerprint density at radius 2 is 2.30 bits per heavy atom. The first-order chi connectivity index (χ1) is 9.58. The van der Waals surface area contributed by atoms with Gasteiger partial charge in [-0.05, 0) is 33.7 Å². The van der Waals surface area contributed by atoms with Crippen LogP contribution in [0.4, 0.5) is 0 Å². The summed E-state index contributed by atoms with van der Waals surface area (Å²) in [7, 11) is 1.71. The van der Waals surface area contributed by atoms with Crippen molar-refractivity contribution >= 4 is 0 Å². The smallest absolute Gasteiger partial charge is 0.161 e. The molecule has 3 unspecified atom stereocenters. The van der Waals surface area contributed by atoms with Crippen molar-refractivity contribution in [2.45, 2.75) is 52.3 Å². The van der Waals surface area contributed by atoms with Crippen molar-refractivity contribution in [1.29, 1.82) is 0 Å². The van der Waals surface area contributed by atoms with E-state index in [2.05, 4.69) is 42.8 Å². The van der Waals surface area contributed by atoms with E-state index in [-0.39, 0.29) is 6.04 Å². The Kier molecular flexibility index (Phi) is 5.05. The van der Waals surface area contributed by atoms with Gasteiger partial charge in [0.1, 0.15) is 0 Å². The zero-order valence-electron chi connectivity index (χ0n) is 13.2. The molecular formula is C15H27N3O2. The summed E-state index contributed by atoms with van der Waals surface area (Å²) in [5, 5.41) is 8.09. The second kappa shape index (κ2) is 6.59. The van der Waals surface area contributed by atoms with E-state index in [1.54, 1.807) is 7.11 Å². The van der Waals surface area contributed by atoms with E-state index in [9.17, 15) is 0 Å². The van der Waals surface area contributed by atoms with Crippen LogP contribution in [0, 0.1) is 5.92 Å². The van der Waals surface area contributed by atoms with Crippen molar-refractivity contribution < 1.29 is 9.47 Å². The van der Waals surface area contributed by atoms with E-state index in [0.717, 1.165) is 31.0 Å². The maximum Gasteiger partial charge on any atom is 0.161 e. The van der Waals surface area contributed by atoms with Gasteiger partial charge in [-0.1, -0.05) is 6.92 Å². The largest absolute Gasteiger partial charge is 0.493 e. The molecule has 1 N–H and O–H groups in total. The van der Waals surface area contributed by atoms with E-state index in [4.69, 9.17) is 9.47 Å². The fourth-order valence-corrected chi connectivity index (χ4v) is 3.01. The van der Waals surface area contributed by atoms with Crippen molar-refractivity contribution in [3.05, 3.63) is 11.9 Å². The minimum atomic E-state index is 0.227. The Labute approximate surface area is 121 Å². The number of aromatic nitrogens is 2. The number of nitrogens with zero attached hydrogens (tertiary/aromatic N) is 2. The molecule has 1 aliphatic heterocycles. The zero-order valence-corrected chi connectivity index (χ0v) is 13.2. The van der Waals surface area contributed by atoms with Crippen LogP contribution in [0.2, 0.25) is 0 Å². The average Bonchev–Trinajstić information content (AvgIpc) is 3.01. The normalized spacial score (nSPS) is 24.3. The summed E-state index contributed by atoms with van der Waals surface area (Å²) in [6.45, 7) is 10.3. The van der Waals surface area contributed by atoms with Gasteiger partial charge in [-0.2, -0.15) is 5.10 Å². The molecule has 1 aromatic rings. The number of hydrogen-bond donors (Lipinski definition) is 1. The summed E-state index contributed by atoms with van der Waals surface area (Å²) in [6, 6.07) is 0.541. The highest BCUT2D eigenvalue weighted by molar-refractivity contribution is 5.29. The minimum Gasteiger partial charge on any atom is -0.493 e. The molecule has 114 valence electrons. The second-order valence-electron chi connectivity index (χ2n) is 5.81. The van der Waals surface area contributed by atoms with Crippen LogP contribution in [0.3, 0.4) is 0 Å². The lowest BCUT2D eigenvalue weighted by molar-refractivity contribution is 0.116. The molecule has 3 atom stereocenters. The summed E-state index contributed by atoms with van der Waals surface area (Å²) in [6.07, 6.45) is 3.23. The molecule has 0 saturated carbocycles. The van der Waals surface area contributed by atoms with Gasteiger partial charge >= 0.3 is 0 Å². The van der Waals surface area contributed by atoms with Crippen molar-refractivity contribution in [2.24, 2.45) is 5.92 Å². The van der Waals surface area contributed by atoms with E-state index >= 15 is 0 Å². The molecule has 0 aliphatic carbocycles. The second-order valence-corrected chi connectivity index (χ2v) is 5.81. The number of ether oxygens (including phenoxy) is 2. The predicted molar refractivity (Wildman–Crippen MR) is 79.1 cm³/mol. The van der Waals surface area contributed by atoms with Gasteiger partial charge in [-0.25, -0.2) is 0 Å². The van der Waals surface area contributed by atoms with E-state index < -0.39 is 0 Å². The Morgan fingerprint density at radius 3 is 2.80 bits per heavy atom. The lowest BCUT2D eigenvalue weighted by atomic mass is 9.93. The monoisotopic (exact) mass is 281 g/mol. The molecule has 5 heteroatoms. The van der Waals surface area contributed by atoms with Crippen molar-refractivity contribution in [3.63, 3.8) is 0 Å². The summed E-state index contributed by atoms with van der Waals surface area (Å²) in [5.41, 5.74) is 1.15. The van der Waals surface area contributed by atoms with Gasteiger partial charge in [0, 0.05) is 12.0 Å². The molecule has 1 saturated heterocycles. The average molecular weight is 281 g/mol. The molecule has 0 amide bonds. The van der Waals surface area contributed by atoms with Crippen LogP contribution in [0.5, 0.6) is 5.75 Å². The van der Waals surface area contributed by atoms with Gasteiger partial charge in [0.05, 0.1) is 37.8 Å². The zero-order chi connectivity index (χ0) is 14.7. The van der Waals surface area contributed by atoms with Crippen molar-refractivity contribution in [1.82, 2.24) is 15.1 Å². The third-order valence-corrected chi connectivity index (χ3v) is 3.93. The Hall–Kier alpha value is -1.07. The lowest BCUT2D eigenvalue weighted by Crippen LogP contribution is -2.31. The van der Waals surface area contributed by atoms with Crippen molar-refractivity contribution in [2.75, 3.05) is 20.3 Å². The molecule has 0 bridgehead atoms. The molecule has 0 radical (unpaired) electrons. The van der Waals surface area contributed by atoms with Gasteiger partial charge in [0.2, 0.25) is 0 Å². The molecule has 1 aromatic heterocycles. The fraction of sp³-hybridized carbons (Fsp3) is 0.800. The van der Waals surface area contributed by atoms with Gasteiger partial charge in [0.25, 0.3) is 0 Å². The first kappa shape index (κ1) is 15.3. The number of hydrogen-bond acceptors (Lipinski definition) is 4. The Balaban J connectivity index is 2.35. The van der Waals surface area contributed by atoms with Gasteiger partial charge in [-0.3, -0.25) is 4.68 Å². The number of methoxy groups -OCH3 is 1. The van der Waals surface area contributed by atoms with E-state index in [1.165, 1.54) is 0 Å². The highest BCUT2D eigenvalue weighted by Gasteiger charge is 2.34. The highest BCUT2D eigenvalue weighted by Crippen LogP contribution is 2.36. The van der Waals surface area contributed by atoms with Gasteiger partial charge in [-0.15, -0.1) is 0 Å². The SMILES string of the molecule is CCNC(c1c(OC)cnn1C(C)C)C1COC(C)C1. The molecule has 0 spiro atoms. The lowest BCUT2D eigenvalue weighted by Gasteiger charge is -2.26. The maximum atomic E-state index is 5.75. The highest BCUT2D eigenvalue weighted by atomic mass is 16.5. The van der Waals surface area contributed by atoms with Crippen LogP contribution < -0.4 is 10.1 Å². The minimum absolute atomic E-state index is 0.227. The van der Waals surface area contributed by atoms with Crippen LogP contribution in [0.1, 0.15) is 51.9 Å². The Bertz CT molecular complexity index is 431. The third-order valence-electron chi connectivity index (χ3n) is 3.93. The fourth-order valence-electron chi connectivity index (χ4n) is 3.01. The third kappa shape index (κ3) is 2.99. The van der Waals surface area contributed by atoms with Crippen LogP contribution in [0.15, 0.2) is 6.20 Å². The molecule has 1 aliphatic rings. The van der Waals surface area contributed by atoms with Crippen LogP contribution in [-0.2, 0) is 4.74 Å². The van der Waals surface area contributed by atoms with Gasteiger partial charge < -0.3 is 14.8 Å². The molecule has 0 aromatic carbocycles. The molecular weight excluding hydrogens is 254 g/mol. The summed E-state index contributed by atoms with van der Waals surface area (Å²) in [4.78, 5) is 0. The Morgan fingerprint density at radius 1 is 1.55 bits per heavy atom. The van der Waals surface area contributed by atoms with E-state index in [1.807, 2.05) is 6.20 Å². The summed E-state index contributed by atoms with van der Waals surface area (Å²) in [5.74, 6) is 1.33. The van der Waals surface area contributed by atoms with Gasteiger partial charge in [0.15, 0.2) is 5.75 Å². The summed E-state index contributed by atoms with van der Waals surface area (Å²) < 4.78 is 13.3. The first-order valence-corrected chi connectivity index (χ1v) is 7.54. The predicted octanol–water partition coefficient (Wildman–Crippen LogP) is 2.55. The standard InChI is InChI=1S/C15H27N3O2/c1-6-16-14(12-7-11(4)20-9-12)15-13(19-5)8-17-18(15)10(2)3/h8,10-12,14,16H,6-7,9H2,1-5H3. The van der Waals surface area contributed by atoms with Crippen LogP contribution in [-0.4, -0.2) is 36.1 Å². The quantitative estimate of drug-likeness (QED) is 0.870. The molecule has 20 heavy (non-hydrogen) atoms. The number of nitrogens with one attached hydrogen (secondary N) is 1. The van der Waals surface area contributed by atoms with Crippen LogP contribution in [0.25, 0.3) is 0 Å². The molecule has 1 fully saturated rings. The maximum absolute atomic E-state index is 5.75. The molecule has 2 rings (SSSR count). The molecule has 5 nitrogen and oxygen atoms in total. The summed E-state index contributed by atoms with van der Waals surface area (Å²) >= 11 is 0. The van der Waals surface area contributed by atoms with Crippen molar-refractivity contribution in [3.8, 4) is 5.75 Å². The number of rotatable bonds is 6.